The van der Waals surface area contributed by atoms with Gasteiger partial charge in [-0.25, -0.2) is 13.1 Å². The largest absolute Gasteiger partial charge is 0.391 e. The highest BCUT2D eigenvalue weighted by molar-refractivity contribution is 7.91. The van der Waals surface area contributed by atoms with Crippen molar-refractivity contribution in [2.24, 2.45) is 0 Å². The Morgan fingerprint density at radius 1 is 1.35 bits per heavy atom. The second kappa shape index (κ2) is 5.23. The van der Waals surface area contributed by atoms with Crippen molar-refractivity contribution in [1.29, 1.82) is 0 Å². The summed E-state index contributed by atoms with van der Waals surface area (Å²) in [4.78, 5) is 5.35. The van der Waals surface area contributed by atoms with E-state index in [1.54, 1.807) is 17.8 Å². The molecule has 0 saturated heterocycles. The molecule has 2 rings (SSSR count). The van der Waals surface area contributed by atoms with Crippen LogP contribution in [0, 0.1) is 0 Å². The smallest absolute Gasteiger partial charge is 0.250 e. The van der Waals surface area contributed by atoms with Gasteiger partial charge in [-0.05, 0) is 12.1 Å². The number of thiazole rings is 1. The lowest BCUT2D eigenvalue weighted by molar-refractivity contribution is 0.285. The third-order valence-electron chi connectivity index (χ3n) is 1.98. The molecule has 0 unspecified atom stereocenters. The number of aliphatic hydroxyl groups is 1. The second-order valence-electron chi connectivity index (χ2n) is 3.17. The maximum atomic E-state index is 11.9. The van der Waals surface area contributed by atoms with Gasteiger partial charge in [0.2, 0.25) is 10.0 Å². The molecule has 0 spiro atoms. The first kappa shape index (κ1) is 12.7. The molecule has 0 amide bonds. The molecule has 0 bridgehead atoms. The fraction of sp³-hybridized carbons (Fsp3) is 0.222. The van der Waals surface area contributed by atoms with Crippen molar-refractivity contribution in [3.05, 3.63) is 33.6 Å². The van der Waals surface area contributed by atoms with Crippen LogP contribution in [0.15, 0.2) is 28.0 Å². The zero-order chi connectivity index (χ0) is 12.3. The molecule has 0 fully saturated rings. The van der Waals surface area contributed by atoms with Crippen LogP contribution in [0.2, 0.25) is 0 Å². The van der Waals surface area contributed by atoms with Gasteiger partial charge in [0.05, 0.1) is 12.1 Å². The third kappa shape index (κ3) is 3.11. The molecule has 0 radical (unpaired) electrons. The predicted octanol–water partition coefficient (Wildman–Crippen LogP) is 1.18. The Labute approximate surface area is 107 Å². The first-order chi connectivity index (χ1) is 8.12. The minimum atomic E-state index is -3.49. The number of nitrogens with zero attached hydrogens (tertiary/aromatic N) is 1. The number of aliphatic hydroxyl groups excluding tert-OH is 1. The van der Waals surface area contributed by atoms with E-state index in [0.717, 1.165) is 16.2 Å². The Bertz CT molecular complexity index is 574. The average Bonchev–Trinajstić information content (AvgIpc) is 2.98. The van der Waals surface area contributed by atoms with E-state index in [4.69, 9.17) is 5.11 Å². The summed E-state index contributed by atoms with van der Waals surface area (Å²) >= 11 is 2.46. The van der Waals surface area contributed by atoms with Gasteiger partial charge in [0.1, 0.15) is 4.21 Å². The number of hydrogen-bond acceptors (Lipinski definition) is 6. The molecule has 0 atom stereocenters. The van der Waals surface area contributed by atoms with Crippen molar-refractivity contribution in [1.82, 2.24) is 9.71 Å². The van der Waals surface area contributed by atoms with E-state index in [1.165, 1.54) is 17.4 Å². The monoisotopic (exact) mass is 290 g/mol. The van der Waals surface area contributed by atoms with Crippen molar-refractivity contribution in [2.75, 3.05) is 0 Å². The second-order valence-corrected chi connectivity index (χ2v) is 7.30. The summed E-state index contributed by atoms with van der Waals surface area (Å²) in [6.45, 7) is 0.0917. The summed E-state index contributed by atoms with van der Waals surface area (Å²) in [5.41, 5.74) is 1.65. The summed E-state index contributed by atoms with van der Waals surface area (Å²) in [6.07, 6.45) is 1.63. The molecule has 2 aromatic rings. The zero-order valence-corrected chi connectivity index (χ0v) is 11.1. The van der Waals surface area contributed by atoms with Crippen molar-refractivity contribution in [3.8, 4) is 0 Å². The van der Waals surface area contributed by atoms with E-state index in [2.05, 4.69) is 9.71 Å². The first-order valence-corrected chi connectivity index (χ1v) is 7.86. The molecule has 2 aromatic heterocycles. The summed E-state index contributed by atoms with van der Waals surface area (Å²) in [6, 6.07) is 3.09. The molecule has 0 aromatic carbocycles. The Balaban J connectivity index is 2.08. The maximum Gasteiger partial charge on any atom is 0.250 e. The van der Waals surface area contributed by atoms with Crippen LogP contribution in [0.5, 0.6) is 0 Å². The van der Waals surface area contributed by atoms with E-state index < -0.39 is 10.0 Å². The number of hydrogen-bond donors (Lipinski definition) is 2. The molecule has 2 heterocycles. The Morgan fingerprint density at radius 2 is 2.18 bits per heavy atom. The van der Waals surface area contributed by atoms with Gasteiger partial charge in [-0.1, -0.05) is 0 Å². The molecule has 0 aliphatic carbocycles. The standard InChI is InChI=1S/C9H10N2O3S3/c12-5-7-1-2-9(16-7)17(13,14)11-4-8-3-10-6-15-8/h1-3,6,11-12H,4-5H2. The van der Waals surface area contributed by atoms with Gasteiger partial charge in [0.25, 0.3) is 0 Å². The van der Waals surface area contributed by atoms with E-state index in [0.29, 0.717) is 4.88 Å². The molecule has 0 aliphatic rings. The van der Waals surface area contributed by atoms with Crippen LogP contribution in [-0.4, -0.2) is 18.5 Å². The number of sulfonamides is 1. The Kier molecular flexibility index (Phi) is 3.89. The molecule has 8 heteroatoms. The van der Waals surface area contributed by atoms with Crippen LogP contribution in [0.1, 0.15) is 9.75 Å². The highest BCUT2D eigenvalue weighted by Crippen LogP contribution is 2.21. The quantitative estimate of drug-likeness (QED) is 0.866. The van der Waals surface area contributed by atoms with Gasteiger partial charge < -0.3 is 5.11 Å². The minimum Gasteiger partial charge on any atom is -0.391 e. The van der Waals surface area contributed by atoms with Crippen LogP contribution < -0.4 is 4.72 Å². The molecular formula is C9H10N2O3S3. The van der Waals surface area contributed by atoms with Crippen molar-refractivity contribution in [3.63, 3.8) is 0 Å². The number of thiophene rings is 1. The third-order valence-corrected chi connectivity index (χ3v) is 5.72. The lowest BCUT2D eigenvalue weighted by Gasteiger charge is -2.02. The fourth-order valence-corrected chi connectivity index (χ4v) is 4.05. The number of aromatic nitrogens is 1. The molecular weight excluding hydrogens is 280 g/mol. The van der Waals surface area contributed by atoms with Crippen LogP contribution >= 0.6 is 22.7 Å². The summed E-state index contributed by atoms with van der Waals surface area (Å²) < 4.78 is 26.4. The van der Waals surface area contributed by atoms with Crippen LogP contribution in [-0.2, 0) is 23.2 Å². The first-order valence-electron chi connectivity index (χ1n) is 4.68. The zero-order valence-electron chi connectivity index (χ0n) is 8.66. The van der Waals surface area contributed by atoms with Crippen LogP contribution in [0.4, 0.5) is 0 Å². The van der Waals surface area contributed by atoms with Gasteiger partial charge in [0, 0.05) is 22.5 Å². The van der Waals surface area contributed by atoms with E-state index in [9.17, 15) is 8.42 Å². The fourth-order valence-electron chi connectivity index (χ4n) is 1.15. The summed E-state index contributed by atoms with van der Waals surface area (Å²) in [7, 11) is -3.49. The Hall–Kier alpha value is -0.800. The van der Waals surface area contributed by atoms with Crippen LogP contribution in [0.3, 0.4) is 0 Å². The van der Waals surface area contributed by atoms with Crippen LogP contribution in [0.25, 0.3) is 0 Å². The highest BCUT2D eigenvalue weighted by atomic mass is 32.2. The topological polar surface area (TPSA) is 79.3 Å². The van der Waals surface area contributed by atoms with E-state index in [1.807, 2.05) is 0 Å². The summed E-state index contributed by atoms with van der Waals surface area (Å²) in [5.74, 6) is 0. The molecule has 5 nitrogen and oxygen atoms in total. The molecule has 92 valence electrons. The van der Waals surface area contributed by atoms with Crippen molar-refractivity contribution < 1.29 is 13.5 Å². The van der Waals surface area contributed by atoms with E-state index >= 15 is 0 Å². The lowest BCUT2D eigenvalue weighted by Crippen LogP contribution is -2.21. The van der Waals surface area contributed by atoms with Gasteiger partial charge in [-0.3, -0.25) is 4.98 Å². The van der Waals surface area contributed by atoms with Gasteiger partial charge in [0.15, 0.2) is 0 Å². The Morgan fingerprint density at radius 3 is 2.76 bits per heavy atom. The SMILES string of the molecule is O=S(=O)(NCc1cncs1)c1ccc(CO)s1. The molecule has 0 saturated carbocycles. The van der Waals surface area contributed by atoms with Crippen molar-refractivity contribution >= 4 is 32.7 Å². The molecule has 2 N–H and O–H groups in total. The number of nitrogens with one attached hydrogen (secondary N) is 1. The van der Waals surface area contributed by atoms with Gasteiger partial charge in [-0.15, -0.1) is 22.7 Å². The van der Waals surface area contributed by atoms with Gasteiger partial charge >= 0.3 is 0 Å². The van der Waals surface area contributed by atoms with Gasteiger partial charge in [-0.2, -0.15) is 0 Å². The van der Waals surface area contributed by atoms with Crippen molar-refractivity contribution in [2.45, 2.75) is 17.4 Å². The number of rotatable bonds is 5. The predicted molar refractivity (Wildman–Crippen MR) is 66.4 cm³/mol. The van der Waals surface area contributed by atoms with E-state index in [-0.39, 0.29) is 17.4 Å². The molecule has 17 heavy (non-hydrogen) atoms. The molecule has 0 aliphatic heterocycles. The average molecular weight is 290 g/mol. The lowest BCUT2D eigenvalue weighted by atomic mass is 10.5. The maximum absolute atomic E-state index is 11.9. The highest BCUT2D eigenvalue weighted by Gasteiger charge is 2.16. The minimum absolute atomic E-state index is 0.144. The summed E-state index contributed by atoms with van der Waals surface area (Å²) in [5, 5.41) is 8.89. The normalized spacial score (nSPS) is 11.8.